The van der Waals surface area contributed by atoms with Crippen molar-refractivity contribution >= 4 is 23.2 Å². The topological polar surface area (TPSA) is 21.3 Å². The highest BCUT2D eigenvalue weighted by molar-refractivity contribution is 6.34. The van der Waals surface area contributed by atoms with Gasteiger partial charge in [-0.25, -0.2) is 0 Å². The normalized spacial score (nSPS) is 20.8. The van der Waals surface area contributed by atoms with Crippen molar-refractivity contribution in [2.45, 2.75) is 12.8 Å². The lowest BCUT2D eigenvalue weighted by atomic mass is 10.0. The quantitative estimate of drug-likeness (QED) is 0.899. The predicted molar refractivity (Wildman–Crippen MR) is 67.6 cm³/mol. The van der Waals surface area contributed by atoms with Crippen LogP contribution in [0.3, 0.4) is 0 Å². The van der Waals surface area contributed by atoms with Gasteiger partial charge in [0.05, 0.1) is 11.6 Å². The molecule has 16 heavy (non-hydrogen) atoms. The summed E-state index contributed by atoms with van der Waals surface area (Å²) in [6, 6.07) is 5.29. The molecule has 0 spiro atoms. The van der Waals surface area contributed by atoms with Crippen LogP contribution in [-0.2, 0) is 0 Å². The molecule has 88 valence electrons. The van der Waals surface area contributed by atoms with Crippen molar-refractivity contribution in [1.82, 2.24) is 5.32 Å². The van der Waals surface area contributed by atoms with E-state index in [0.29, 0.717) is 28.3 Å². The van der Waals surface area contributed by atoms with Crippen molar-refractivity contribution in [1.29, 1.82) is 0 Å². The van der Waals surface area contributed by atoms with Gasteiger partial charge in [0.1, 0.15) is 5.75 Å². The van der Waals surface area contributed by atoms with E-state index in [0.717, 1.165) is 13.1 Å². The lowest BCUT2D eigenvalue weighted by Gasteiger charge is -2.23. The summed E-state index contributed by atoms with van der Waals surface area (Å²) in [6.45, 7) is 2.85. The fourth-order valence-corrected chi connectivity index (χ4v) is 2.20. The molecule has 2 nitrogen and oxygen atoms in total. The molecule has 1 saturated heterocycles. The predicted octanol–water partition coefficient (Wildman–Crippen LogP) is 3.37. The first-order chi connectivity index (χ1) is 7.75. The number of hydrogen-bond donors (Lipinski definition) is 1. The summed E-state index contributed by atoms with van der Waals surface area (Å²) in [5.41, 5.74) is 0. The Balaban J connectivity index is 1.90. The molecule has 1 aliphatic heterocycles. The fraction of sp³-hybridized carbons (Fsp3) is 0.500. The van der Waals surface area contributed by atoms with Gasteiger partial charge in [-0.3, -0.25) is 0 Å². The van der Waals surface area contributed by atoms with Crippen molar-refractivity contribution in [3.8, 4) is 5.75 Å². The van der Waals surface area contributed by atoms with E-state index in [9.17, 15) is 0 Å². The first kappa shape index (κ1) is 12.0. The van der Waals surface area contributed by atoms with Crippen LogP contribution >= 0.6 is 23.2 Å². The van der Waals surface area contributed by atoms with Crippen LogP contribution in [0.5, 0.6) is 5.75 Å². The number of rotatable bonds is 3. The van der Waals surface area contributed by atoms with Gasteiger partial charge in [0.15, 0.2) is 0 Å². The van der Waals surface area contributed by atoms with Gasteiger partial charge in [0.25, 0.3) is 0 Å². The van der Waals surface area contributed by atoms with E-state index in [2.05, 4.69) is 5.32 Å². The Bertz CT molecular complexity index is 351. The molecule has 1 aromatic rings. The Morgan fingerprint density at radius 3 is 3.00 bits per heavy atom. The maximum absolute atomic E-state index is 6.01. The Labute approximate surface area is 106 Å². The molecule has 2 rings (SSSR count). The summed E-state index contributed by atoms with van der Waals surface area (Å²) in [5.74, 6) is 1.25. The lowest BCUT2D eigenvalue weighted by Crippen LogP contribution is -2.33. The van der Waals surface area contributed by atoms with Crippen molar-refractivity contribution in [2.24, 2.45) is 5.92 Å². The molecule has 1 N–H and O–H groups in total. The highest BCUT2D eigenvalue weighted by Crippen LogP contribution is 2.28. The van der Waals surface area contributed by atoms with Crippen LogP contribution in [0.2, 0.25) is 10.0 Å². The fourth-order valence-electron chi connectivity index (χ4n) is 1.86. The van der Waals surface area contributed by atoms with E-state index >= 15 is 0 Å². The van der Waals surface area contributed by atoms with Crippen molar-refractivity contribution in [2.75, 3.05) is 19.7 Å². The van der Waals surface area contributed by atoms with E-state index in [4.69, 9.17) is 27.9 Å². The maximum atomic E-state index is 6.01. The Kier molecular flexibility index (Phi) is 4.33. The third kappa shape index (κ3) is 3.27. The highest BCUT2D eigenvalue weighted by Gasteiger charge is 2.14. The molecule has 1 atom stereocenters. The van der Waals surface area contributed by atoms with E-state index in [-0.39, 0.29) is 0 Å². The van der Waals surface area contributed by atoms with E-state index in [1.807, 2.05) is 0 Å². The monoisotopic (exact) mass is 259 g/mol. The average molecular weight is 260 g/mol. The zero-order chi connectivity index (χ0) is 11.4. The number of piperidine rings is 1. The summed E-state index contributed by atoms with van der Waals surface area (Å²) >= 11 is 11.9. The minimum absolute atomic E-state index is 0.573. The van der Waals surface area contributed by atoms with Gasteiger partial charge in [-0.15, -0.1) is 0 Å². The van der Waals surface area contributed by atoms with Gasteiger partial charge in [-0.05, 0) is 31.5 Å². The Morgan fingerprint density at radius 1 is 1.38 bits per heavy atom. The summed E-state index contributed by atoms with van der Waals surface area (Å²) in [5, 5.41) is 4.63. The molecule has 0 radical (unpaired) electrons. The molecule has 1 aliphatic rings. The summed E-state index contributed by atoms with van der Waals surface area (Å²) < 4.78 is 5.70. The van der Waals surface area contributed by atoms with Gasteiger partial charge in [-0.1, -0.05) is 23.2 Å². The molecule has 0 aliphatic carbocycles. The highest BCUT2D eigenvalue weighted by atomic mass is 35.5. The second kappa shape index (κ2) is 5.76. The van der Waals surface area contributed by atoms with Gasteiger partial charge < -0.3 is 10.1 Å². The molecule has 4 heteroatoms. The molecule has 1 aromatic carbocycles. The van der Waals surface area contributed by atoms with Gasteiger partial charge >= 0.3 is 0 Å². The number of halogens is 2. The standard InChI is InChI=1S/C12H15Cl2NO/c13-10-3-4-11(14)12(6-10)16-8-9-2-1-5-15-7-9/h3-4,6,9,15H,1-2,5,7-8H2/t9-/m0/s1. The van der Waals surface area contributed by atoms with Crippen molar-refractivity contribution < 1.29 is 4.74 Å². The second-order valence-electron chi connectivity index (χ2n) is 4.10. The minimum Gasteiger partial charge on any atom is -0.492 e. The largest absolute Gasteiger partial charge is 0.492 e. The zero-order valence-electron chi connectivity index (χ0n) is 9.01. The zero-order valence-corrected chi connectivity index (χ0v) is 10.5. The third-order valence-corrected chi connectivity index (χ3v) is 3.31. The number of ether oxygens (including phenoxy) is 1. The molecule has 0 amide bonds. The second-order valence-corrected chi connectivity index (χ2v) is 4.94. The smallest absolute Gasteiger partial charge is 0.139 e. The molecule has 1 heterocycles. The molecule has 0 saturated carbocycles. The Hall–Kier alpha value is -0.440. The number of hydrogen-bond acceptors (Lipinski definition) is 2. The Morgan fingerprint density at radius 2 is 2.25 bits per heavy atom. The van der Waals surface area contributed by atoms with Crippen LogP contribution in [0.4, 0.5) is 0 Å². The third-order valence-electron chi connectivity index (χ3n) is 2.77. The number of nitrogens with one attached hydrogen (secondary N) is 1. The minimum atomic E-state index is 0.573. The molecule has 0 bridgehead atoms. The first-order valence-electron chi connectivity index (χ1n) is 5.54. The van der Waals surface area contributed by atoms with Crippen molar-refractivity contribution in [3.05, 3.63) is 28.2 Å². The molecular formula is C12H15Cl2NO. The van der Waals surface area contributed by atoms with E-state index < -0.39 is 0 Å². The SMILES string of the molecule is Clc1ccc(Cl)c(OC[C@H]2CCCNC2)c1. The summed E-state index contributed by atoms with van der Waals surface area (Å²) in [6.07, 6.45) is 2.43. The van der Waals surface area contributed by atoms with E-state index in [1.54, 1.807) is 18.2 Å². The lowest BCUT2D eigenvalue weighted by molar-refractivity contribution is 0.218. The van der Waals surface area contributed by atoms with Crippen LogP contribution in [0, 0.1) is 5.92 Å². The molecule has 0 unspecified atom stereocenters. The maximum Gasteiger partial charge on any atom is 0.139 e. The van der Waals surface area contributed by atoms with E-state index in [1.165, 1.54) is 12.8 Å². The average Bonchev–Trinajstić information content (AvgIpc) is 2.32. The summed E-state index contributed by atoms with van der Waals surface area (Å²) in [4.78, 5) is 0. The molecule has 1 fully saturated rings. The van der Waals surface area contributed by atoms with Crippen LogP contribution in [-0.4, -0.2) is 19.7 Å². The summed E-state index contributed by atoms with van der Waals surface area (Å²) in [7, 11) is 0. The molecular weight excluding hydrogens is 245 g/mol. The number of benzene rings is 1. The van der Waals surface area contributed by atoms with Crippen molar-refractivity contribution in [3.63, 3.8) is 0 Å². The van der Waals surface area contributed by atoms with Crippen LogP contribution < -0.4 is 10.1 Å². The van der Waals surface area contributed by atoms with Crippen LogP contribution in [0.1, 0.15) is 12.8 Å². The van der Waals surface area contributed by atoms with Gasteiger partial charge in [0.2, 0.25) is 0 Å². The van der Waals surface area contributed by atoms with Crippen LogP contribution in [0.25, 0.3) is 0 Å². The van der Waals surface area contributed by atoms with Gasteiger partial charge in [-0.2, -0.15) is 0 Å². The molecule has 0 aromatic heterocycles. The van der Waals surface area contributed by atoms with Crippen LogP contribution in [0.15, 0.2) is 18.2 Å². The first-order valence-corrected chi connectivity index (χ1v) is 6.30. The van der Waals surface area contributed by atoms with Gasteiger partial charge in [0, 0.05) is 23.6 Å².